The highest BCUT2D eigenvalue weighted by Crippen LogP contribution is 2.17. The van der Waals surface area contributed by atoms with E-state index >= 15 is 0 Å². The minimum absolute atomic E-state index is 0.0650. The molecule has 0 bridgehead atoms. The van der Waals surface area contributed by atoms with Gasteiger partial charge in [0.2, 0.25) is 0 Å². The van der Waals surface area contributed by atoms with E-state index in [1.807, 2.05) is 66.0 Å². The third-order valence-corrected chi connectivity index (χ3v) is 4.50. The first-order valence-electron chi connectivity index (χ1n) is 7.21. The Hall–Kier alpha value is -2.33. The number of rotatable bonds is 5. The van der Waals surface area contributed by atoms with Gasteiger partial charge in [-0.05, 0) is 35.7 Å². The summed E-state index contributed by atoms with van der Waals surface area (Å²) in [7, 11) is 2.01. The number of aromatic nitrogens is 1. The monoisotopic (exact) mass is 310 g/mol. The molecule has 1 amide bonds. The molecule has 1 aromatic carbocycles. The van der Waals surface area contributed by atoms with Crippen molar-refractivity contribution in [3.8, 4) is 0 Å². The van der Waals surface area contributed by atoms with Gasteiger partial charge in [-0.1, -0.05) is 24.3 Å². The van der Waals surface area contributed by atoms with Gasteiger partial charge < -0.3 is 9.47 Å². The van der Waals surface area contributed by atoms with Gasteiger partial charge in [-0.25, -0.2) is 0 Å². The third-order valence-electron chi connectivity index (χ3n) is 3.64. The molecule has 0 radical (unpaired) electrons. The zero-order valence-corrected chi connectivity index (χ0v) is 13.3. The van der Waals surface area contributed by atoms with Crippen molar-refractivity contribution in [2.24, 2.45) is 7.05 Å². The molecule has 0 aliphatic carbocycles. The first-order valence-corrected chi connectivity index (χ1v) is 8.09. The standard InChI is InChI=1S/C18H18N2OS/c1-19-11-5-9-16(19)13-20(14-17-10-6-12-22-17)18(21)15-7-3-2-4-8-15/h2-12H,13-14H2,1H3. The summed E-state index contributed by atoms with van der Waals surface area (Å²) < 4.78 is 2.06. The molecule has 0 aliphatic rings. The first kappa shape index (κ1) is 14.6. The van der Waals surface area contributed by atoms with E-state index < -0.39 is 0 Å². The van der Waals surface area contributed by atoms with Crippen molar-refractivity contribution >= 4 is 17.2 Å². The van der Waals surface area contributed by atoms with Crippen LogP contribution < -0.4 is 0 Å². The van der Waals surface area contributed by atoms with E-state index in [0.717, 1.165) is 11.3 Å². The number of amides is 1. The van der Waals surface area contributed by atoms with E-state index in [1.54, 1.807) is 11.3 Å². The van der Waals surface area contributed by atoms with Gasteiger partial charge in [-0.3, -0.25) is 4.79 Å². The molecule has 0 aliphatic heterocycles. The van der Waals surface area contributed by atoms with Crippen molar-refractivity contribution < 1.29 is 4.79 Å². The van der Waals surface area contributed by atoms with Crippen LogP contribution >= 0.6 is 11.3 Å². The second-order valence-electron chi connectivity index (χ2n) is 5.22. The molecule has 112 valence electrons. The van der Waals surface area contributed by atoms with Gasteiger partial charge in [0.15, 0.2) is 0 Å². The Morgan fingerprint density at radius 3 is 2.50 bits per heavy atom. The summed E-state index contributed by atoms with van der Waals surface area (Å²) in [6.45, 7) is 1.24. The number of aryl methyl sites for hydroxylation is 1. The second kappa shape index (κ2) is 6.62. The molecule has 3 aromatic rings. The number of carbonyl (C=O) groups is 1. The second-order valence-corrected chi connectivity index (χ2v) is 6.25. The van der Waals surface area contributed by atoms with Gasteiger partial charge in [0.1, 0.15) is 0 Å². The number of carbonyl (C=O) groups excluding carboxylic acids is 1. The molecule has 3 nitrogen and oxygen atoms in total. The van der Waals surface area contributed by atoms with Crippen molar-refractivity contribution in [2.45, 2.75) is 13.1 Å². The summed E-state index contributed by atoms with van der Waals surface area (Å²) >= 11 is 1.68. The van der Waals surface area contributed by atoms with E-state index in [0.29, 0.717) is 13.1 Å². The van der Waals surface area contributed by atoms with E-state index in [-0.39, 0.29) is 5.91 Å². The Balaban J connectivity index is 1.85. The van der Waals surface area contributed by atoms with Crippen LogP contribution in [0.4, 0.5) is 0 Å². The lowest BCUT2D eigenvalue weighted by molar-refractivity contribution is 0.0728. The average Bonchev–Trinajstić information content (AvgIpc) is 3.19. The van der Waals surface area contributed by atoms with Crippen LogP contribution in [-0.4, -0.2) is 15.4 Å². The van der Waals surface area contributed by atoms with Gasteiger partial charge in [0.25, 0.3) is 5.91 Å². The fourth-order valence-corrected chi connectivity index (χ4v) is 3.13. The molecule has 22 heavy (non-hydrogen) atoms. The SMILES string of the molecule is Cn1cccc1CN(Cc1cccs1)C(=O)c1ccccc1. The number of benzene rings is 1. The van der Waals surface area contributed by atoms with Gasteiger partial charge in [-0.2, -0.15) is 0 Å². The lowest BCUT2D eigenvalue weighted by atomic mass is 10.2. The van der Waals surface area contributed by atoms with E-state index in [9.17, 15) is 4.79 Å². The summed E-state index contributed by atoms with van der Waals surface area (Å²) in [6, 6.07) is 17.6. The average molecular weight is 310 g/mol. The third kappa shape index (κ3) is 3.28. The van der Waals surface area contributed by atoms with Crippen LogP contribution in [0.25, 0.3) is 0 Å². The summed E-state index contributed by atoms with van der Waals surface area (Å²) in [5.74, 6) is 0.0650. The van der Waals surface area contributed by atoms with Crippen LogP contribution in [0.5, 0.6) is 0 Å². The quantitative estimate of drug-likeness (QED) is 0.701. The number of nitrogens with zero attached hydrogens (tertiary/aromatic N) is 2. The summed E-state index contributed by atoms with van der Waals surface area (Å²) in [5, 5.41) is 2.04. The maximum atomic E-state index is 12.8. The number of hydrogen-bond acceptors (Lipinski definition) is 2. The van der Waals surface area contributed by atoms with Crippen LogP contribution in [0.1, 0.15) is 20.9 Å². The molecule has 0 saturated carbocycles. The minimum Gasteiger partial charge on any atom is -0.353 e. The van der Waals surface area contributed by atoms with Crippen LogP contribution in [0.2, 0.25) is 0 Å². The Morgan fingerprint density at radius 1 is 1.05 bits per heavy atom. The van der Waals surface area contributed by atoms with Crippen LogP contribution in [-0.2, 0) is 20.1 Å². The molecular formula is C18H18N2OS. The van der Waals surface area contributed by atoms with Crippen molar-refractivity contribution in [3.63, 3.8) is 0 Å². The zero-order valence-electron chi connectivity index (χ0n) is 12.5. The molecule has 0 unspecified atom stereocenters. The van der Waals surface area contributed by atoms with Crippen molar-refractivity contribution in [1.29, 1.82) is 0 Å². The smallest absolute Gasteiger partial charge is 0.254 e. The Kier molecular flexibility index (Phi) is 4.39. The highest BCUT2D eigenvalue weighted by atomic mass is 32.1. The van der Waals surface area contributed by atoms with Gasteiger partial charge >= 0.3 is 0 Å². The van der Waals surface area contributed by atoms with Crippen molar-refractivity contribution in [2.75, 3.05) is 0 Å². The largest absolute Gasteiger partial charge is 0.353 e. The summed E-state index contributed by atoms with van der Waals surface area (Å²) in [6.07, 6.45) is 2.01. The minimum atomic E-state index is 0.0650. The van der Waals surface area contributed by atoms with E-state index in [2.05, 4.69) is 16.7 Å². The lowest BCUT2D eigenvalue weighted by Crippen LogP contribution is -2.30. The van der Waals surface area contributed by atoms with Gasteiger partial charge in [-0.15, -0.1) is 11.3 Å². The van der Waals surface area contributed by atoms with Gasteiger partial charge in [0, 0.05) is 29.4 Å². The molecule has 0 saturated heterocycles. The topological polar surface area (TPSA) is 25.2 Å². The predicted octanol–water partition coefficient (Wildman–Crippen LogP) is 3.93. The zero-order chi connectivity index (χ0) is 15.4. The maximum absolute atomic E-state index is 12.8. The molecular weight excluding hydrogens is 292 g/mol. The lowest BCUT2D eigenvalue weighted by Gasteiger charge is -2.22. The van der Waals surface area contributed by atoms with Crippen LogP contribution in [0, 0.1) is 0 Å². The number of hydrogen-bond donors (Lipinski definition) is 0. The Labute approximate surface area is 134 Å². The van der Waals surface area contributed by atoms with E-state index in [1.165, 1.54) is 4.88 Å². The first-order chi connectivity index (χ1) is 10.7. The van der Waals surface area contributed by atoms with Gasteiger partial charge in [0.05, 0.1) is 13.1 Å². The summed E-state index contributed by atoms with van der Waals surface area (Å²) in [4.78, 5) is 15.9. The normalized spacial score (nSPS) is 10.6. The molecule has 4 heteroatoms. The van der Waals surface area contributed by atoms with Crippen LogP contribution in [0.3, 0.4) is 0 Å². The van der Waals surface area contributed by atoms with Crippen molar-refractivity contribution in [3.05, 3.63) is 82.3 Å². The molecule has 2 aromatic heterocycles. The molecule has 0 atom stereocenters. The molecule has 0 N–H and O–H groups in total. The van der Waals surface area contributed by atoms with E-state index in [4.69, 9.17) is 0 Å². The molecule has 3 rings (SSSR count). The summed E-state index contributed by atoms with van der Waals surface area (Å²) in [5.41, 5.74) is 1.86. The predicted molar refractivity (Wildman–Crippen MR) is 89.8 cm³/mol. The fourth-order valence-electron chi connectivity index (χ4n) is 2.41. The molecule has 2 heterocycles. The highest BCUT2D eigenvalue weighted by molar-refractivity contribution is 7.09. The molecule has 0 spiro atoms. The van der Waals surface area contributed by atoms with Crippen molar-refractivity contribution in [1.82, 2.24) is 9.47 Å². The number of thiophene rings is 1. The molecule has 0 fully saturated rings. The Bertz CT molecular complexity index is 732. The Morgan fingerprint density at radius 2 is 1.86 bits per heavy atom. The highest BCUT2D eigenvalue weighted by Gasteiger charge is 2.17. The van der Waals surface area contributed by atoms with Crippen LogP contribution in [0.15, 0.2) is 66.2 Å². The fraction of sp³-hybridized carbons (Fsp3) is 0.167. The maximum Gasteiger partial charge on any atom is 0.254 e.